The molecular formula is C52H101NO8. The molecule has 1 rings (SSSR count). The highest BCUT2D eigenvalue weighted by Gasteiger charge is 2.44. The summed E-state index contributed by atoms with van der Waals surface area (Å²) in [6.45, 7) is 3.78. The lowest BCUT2D eigenvalue weighted by Gasteiger charge is -2.40. The van der Waals surface area contributed by atoms with Gasteiger partial charge < -0.3 is 40.3 Å². The van der Waals surface area contributed by atoms with Gasteiger partial charge in [0.15, 0.2) is 6.29 Å². The highest BCUT2D eigenvalue weighted by molar-refractivity contribution is 5.76. The fourth-order valence-electron chi connectivity index (χ4n) is 8.63. The minimum absolute atomic E-state index is 0.173. The van der Waals surface area contributed by atoms with Crippen LogP contribution in [0.1, 0.15) is 258 Å². The van der Waals surface area contributed by atoms with E-state index >= 15 is 0 Å². The van der Waals surface area contributed by atoms with Gasteiger partial charge >= 0.3 is 0 Å². The molecular weight excluding hydrogens is 767 g/mol. The number of amides is 1. The first-order valence-electron chi connectivity index (χ1n) is 26.4. The van der Waals surface area contributed by atoms with Gasteiger partial charge in [0.25, 0.3) is 0 Å². The van der Waals surface area contributed by atoms with Crippen molar-refractivity contribution >= 4 is 5.91 Å². The third-order valence-electron chi connectivity index (χ3n) is 12.9. The van der Waals surface area contributed by atoms with Gasteiger partial charge in [0, 0.05) is 6.42 Å². The van der Waals surface area contributed by atoms with E-state index in [9.17, 15) is 30.3 Å². The summed E-state index contributed by atoms with van der Waals surface area (Å²) < 4.78 is 11.2. The Labute approximate surface area is 376 Å². The summed E-state index contributed by atoms with van der Waals surface area (Å²) in [6.07, 6.45) is 44.3. The van der Waals surface area contributed by atoms with E-state index in [-0.39, 0.29) is 12.5 Å². The molecule has 0 aromatic carbocycles. The molecule has 1 fully saturated rings. The molecule has 0 radical (unpaired) electrons. The Morgan fingerprint density at radius 3 is 1.28 bits per heavy atom. The Balaban J connectivity index is 2.15. The van der Waals surface area contributed by atoms with Crippen LogP contribution in [0.3, 0.4) is 0 Å². The Bertz CT molecular complexity index is 966. The SMILES string of the molecule is CCCCCCCCCCC/C=C/C(O)C(COC1OC(CO)C(O)C(O)C1O)NC(=O)CCCCCCCCCCCCCCCCCCCCCCCCCCCCC. The van der Waals surface area contributed by atoms with E-state index in [2.05, 4.69) is 19.2 Å². The van der Waals surface area contributed by atoms with Crippen LogP contribution in [-0.4, -0.2) is 87.5 Å². The second kappa shape index (κ2) is 42.9. The molecule has 0 saturated carbocycles. The molecule has 0 aromatic heterocycles. The average Bonchev–Trinajstić information content (AvgIpc) is 3.26. The summed E-state index contributed by atoms with van der Waals surface area (Å²) >= 11 is 0. The van der Waals surface area contributed by atoms with E-state index in [0.717, 1.165) is 38.5 Å². The molecule has 0 spiro atoms. The molecule has 7 unspecified atom stereocenters. The van der Waals surface area contributed by atoms with E-state index in [4.69, 9.17) is 9.47 Å². The predicted molar refractivity (Wildman–Crippen MR) is 254 cm³/mol. The number of hydrogen-bond acceptors (Lipinski definition) is 8. The van der Waals surface area contributed by atoms with Gasteiger partial charge in [-0.05, 0) is 19.3 Å². The van der Waals surface area contributed by atoms with Crippen molar-refractivity contribution in [2.75, 3.05) is 13.2 Å². The van der Waals surface area contributed by atoms with Crippen molar-refractivity contribution in [1.82, 2.24) is 5.32 Å². The van der Waals surface area contributed by atoms with Crippen LogP contribution < -0.4 is 5.32 Å². The maximum Gasteiger partial charge on any atom is 0.220 e. The number of allylic oxidation sites excluding steroid dienone is 1. The summed E-state index contributed by atoms with van der Waals surface area (Å²) in [6, 6.07) is -0.798. The zero-order valence-corrected chi connectivity index (χ0v) is 39.9. The normalized spacial score (nSPS) is 20.4. The smallest absolute Gasteiger partial charge is 0.220 e. The van der Waals surface area contributed by atoms with E-state index in [1.165, 1.54) is 199 Å². The Morgan fingerprint density at radius 2 is 0.902 bits per heavy atom. The first-order valence-corrected chi connectivity index (χ1v) is 26.4. The molecule has 1 amide bonds. The maximum absolute atomic E-state index is 13.0. The zero-order valence-electron chi connectivity index (χ0n) is 39.9. The number of rotatable bonds is 45. The number of carbonyl (C=O) groups excluding carboxylic acids is 1. The minimum Gasteiger partial charge on any atom is -0.394 e. The van der Waals surface area contributed by atoms with Crippen molar-refractivity contribution in [1.29, 1.82) is 0 Å². The highest BCUT2D eigenvalue weighted by Crippen LogP contribution is 2.23. The Morgan fingerprint density at radius 1 is 0.541 bits per heavy atom. The number of ether oxygens (including phenoxy) is 2. The van der Waals surface area contributed by atoms with E-state index in [1.807, 2.05) is 6.08 Å². The zero-order chi connectivity index (χ0) is 44.4. The van der Waals surface area contributed by atoms with Crippen LogP contribution in [0.25, 0.3) is 0 Å². The summed E-state index contributed by atoms with van der Waals surface area (Å²) in [7, 11) is 0. The number of nitrogens with one attached hydrogen (secondary N) is 1. The third kappa shape index (κ3) is 33.1. The second-order valence-electron chi connectivity index (χ2n) is 18.7. The van der Waals surface area contributed by atoms with Crippen LogP contribution in [0, 0.1) is 0 Å². The standard InChI is InChI=1S/C52H101NO8/c1-3-5-7-9-11-13-15-16-17-18-19-20-21-22-23-24-25-26-27-28-29-30-32-34-36-38-40-42-48(56)53-45(44-60-52-51(59)50(58)49(57)47(43-54)61-52)46(55)41-39-37-35-33-31-14-12-10-8-6-4-2/h39,41,45-47,49-52,54-55,57-59H,3-38,40,42-44H2,1-2H3,(H,53,56)/b41-39+. The third-order valence-corrected chi connectivity index (χ3v) is 12.9. The molecule has 9 heteroatoms. The number of carbonyl (C=O) groups is 1. The summed E-state index contributed by atoms with van der Waals surface area (Å²) in [5, 5.41) is 54.2. The topological polar surface area (TPSA) is 149 Å². The van der Waals surface area contributed by atoms with E-state index in [1.54, 1.807) is 6.08 Å². The average molecular weight is 868 g/mol. The number of aliphatic hydroxyl groups excluding tert-OH is 5. The van der Waals surface area contributed by atoms with Gasteiger partial charge in [-0.2, -0.15) is 0 Å². The molecule has 1 aliphatic heterocycles. The van der Waals surface area contributed by atoms with Gasteiger partial charge in [-0.15, -0.1) is 0 Å². The van der Waals surface area contributed by atoms with Crippen LogP contribution in [0.2, 0.25) is 0 Å². The lowest BCUT2D eigenvalue weighted by atomic mass is 9.99. The molecule has 9 nitrogen and oxygen atoms in total. The quantitative estimate of drug-likeness (QED) is 0.0262. The molecule has 1 saturated heterocycles. The number of hydrogen-bond donors (Lipinski definition) is 6. The van der Waals surface area contributed by atoms with Crippen molar-refractivity contribution in [3.05, 3.63) is 12.2 Å². The molecule has 1 heterocycles. The van der Waals surface area contributed by atoms with Gasteiger partial charge in [-0.25, -0.2) is 0 Å². The maximum atomic E-state index is 13.0. The minimum atomic E-state index is -1.56. The largest absolute Gasteiger partial charge is 0.394 e. The monoisotopic (exact) mass is 868 g/mol. The first kappa shape index (κ1) is 57.9. The lowest BCUT2D eigenvalue weighted by molar-refractivity contribution is -0.302. The van der Waals surface area contributed by atoms with Gasteiger partial charge in [0.05, 0.1) is 25.4 Å². The van der Waals surface area contributed by atoms with Crippen LogP contribution in [-0.2, 0) is 14.3 Å². The van der Waals surface area contributed by atoms with Crippen LogP contribution in [0.5, 0.6) is 0 Å². The molecule has 0 aromatic rings. The van der Waals surface area contributed by atoms with E-state index < -0.39 is 49.5 Å². The van der Waals surface area contributed by atoms with Gasteiger partial charge in [-0.3, -0.25) is 4.79 Å². The fourth-order valence-corrected chi connectivity index (χ4v) is 8.63. The van der Waals surface area contributed by atoms with Crippen molar-refractivity contribution in [2.24, 2.45) is 0 Å². The molecule has 61 heavy (non-hydrogen) atoms. The number of aliphatic hydroxyl groups is 5. The molecule has 6 N–H and O–H groups in total. The van der Waals surface area contributed by atoms with Crippen molar-refractivity contribution < 1.29 is 39.8 Å². The van der Waals surface area contributed by atoms with Crippen molar-refractivity contribution in [2.45, 2.75) is 301 Å². The van der Waals surface area contributed by atoms with Gasteiger partial charge in [-0.1, -0.05) is 244 Å². The summed E-state index contributed by atoms with van der Waals surface area (Å²) in [4.78, 5) is 13.0. The van der Waals surface area contributed by atoms with Crippen LogP contribution in [0.4, 0.5) is 0 Å². The van der Waals surface area contributed by atoms with Crippen molar-refractivity contribution in [3.8, 4) is 0 Å². The molecule has 362 valence electrons. The Kier molecular flexibility index (Phi) is 40.7. The summed E-state index contributed by atoms with van der Waals surface area (Å²) in [5.41, 5.74) is 0. The number of unbranched alkanes of at least 4 members (excludes halogenated alkanes) is 35. The van der Waals surface area contributed by atoms with Gasteiger partial charge in [0.1, 0.15) is 24.4 Å². The van der Waals surface area contributed by atoms with Gasteiger partial charge in [0.2, 0.25) is 5.91 Å². The highest BCUT2D eigenvalue weighted by atomic mass is 16.7. The first-order chi connectivity index (χ1) is 29.8. The Hall–Kier alpha value is -1.07. The van der Waals surface area contributed by atoms with E-state index in [0.29, 0.717) is 6.42 Å². The molecule has 1 aliphatic rings. The second-order valence-corrected chi connectivity index (χ2v) is 18.7. The predicted octanol–water partition coefficient (Wildman–Crippen LogP) is 12.1. The molecule has 0 bridgehead atoms. The summed E-state index contributed by atoms with van der Waals surface area (Å²) in [5.74, 6) is -0.173. The fraction of sp³-hybridized carbons (Fsp3) is 0.942. The molecule has 0 aliphatic carbocycles. The van der Waals surface area contributed by atoms with Crippen LogP contribution >= 0.6 is 0 Å². The van der Waals surface area contributed by atoms with Crippen LogP contribution in [0.15, 0.2) is 12.2 Å². The van der Waals surface area contributed by atoms with Crippen molar-refractivity contribution in [3.63, 3.8) is 0 Å². The molecule has 7 atom stereocenters. The lowest BCUT2D eigenvalue weighted by Crippen LogP contribution is -2.60.